The van der Waals surface area contributed by atoms with Gasteiger partial charge in [0.1, 0.15) is 0 Å². The van der Waals surface area contributed by atoms with Crippen molar-refractivity contribution >= 4 is 6.08 Å². The van der Waals surface area contributed by atoms with E-state index in [0.29, 0.717) is 0 Å². The summed E-state index contributed by atoms with van der Waals surface area (Å²) in [7, 11) is 0. The largest absolute Gasteiger partial charge is 0.298 e. The minimum atomic E-state index is 0.219. The lowest BCUT2D eigenvalue weighted by Gasteiger charge is -2.39. The Bertz CT molecular complexity index is 205. The molecule has 74 valence electrons. The van der Waals surface area contributed by atoms with Gasteiger partial charge in [-0.3, -0.25) is 4.90 Å². The molecule has 1 aliphatic heterocycles. The van der Waals surface area contributed by atoms with Gasteiger partial charge < -0.3 is 0 Å². The molecule has 0 amide bonds. The number of aliphatic imine (C=N–C) groups is 1. The zero-order chi connectivity index (χ0) is 9.90. The Hall–Kier alpha value is -0.660. The van der Waals surface area contributed by atoms with Crippen LogP contribution in [0, 0.1) is 0 Å². The quantitative estimate of drug-likeness (QED) is 0.455. The van der Waals surface area contributed by atoms with E-state index in [1.54, 1.807) is 6.08 Å². The van der Waals surface area contributed by atoms with Crippen molar-refractivity contribution < 1.29 is 4.79 Å². The van der Waals surface area contributed by atoms with Crippen LogP contribution in [0.3, 0.4) is 0 Å². The second kappa shape index (κ2) is 4.03. The standard InChI is InChI=1S/C10H18N2O/c1-10(2,3)12-6-4-9(5-7-12)11-8-13/h9H,4-7H2,1-3H3. The summed E-state index contributed by atoms with van der Waals surface area (Å²) in [5.41, 5.74) is 0.246. The first-order valence-corrected chi connectivity index (χ1v) is 4.86. The number of hydrogen-bond acceptors (Lipinski definition) is 3. The van der Waals surface area contributed by atoms with Gasteiger partial charge in [-0.05, 0) is 33.6 Å². The van der Waals surface area contributed by atoms with Crippen LogP contribution in [0.15, 0.2) is 4.99 Å². The molecule has 1 rings (SSSR count). The van der Waals surface area contributed by atoms with Gasteiger partial charge in [-0.25, -0.2) is 9.79 Å². The fourth-order valence-electron chi connectivity index (χ4n) is 1.74. The van der Waals surface area contributed by atoms with E-state index < -0.39 is 0 Å². The van der Waals surface area contributed by atoms with E-state index in [9.17, 15) is 4.79 Å². The molecule has 0 saturated carbocycles. The maximum absolute atomic E-state index is 10.0. The Balaban J connectivity index is 2.43. The Labute approximate surface area is 79.8 Å². The van der Waals surface area contributed by atoms with Crippen molar-refractivity contribution in [1.29, 1.82) is 0 Å². The molecule has 0 unspecified atom stereocenters. The van der Waals surface area contributed by atoms with Gasteiger partial charge in [-0.15, -0.1) is 0 Å². The predicted octanol–water partition coefficient (Wildman–Crippen LogP) is 1.59. The Morgan fingerprint density at radius 1 is 1.31 bits per heavy atom. The zero-order valence-corrected chi connectivity index (χ0v) is 8.71. The summed E-state index contributed by atoms with van der Waals surface area (Å²) in [6.45, 7) is 8.74. The molecular formula is C10H18N2O. The highest BCUT2D eigenvalue weighted by molar-refractivity contribution is 5.33. The third kappa shape index (κ3) is 2.94. The number of rotatable bonds is 1. The summed E-state index contributed by atoms with van der Waals surface area (Å²) < 4.78 is 0. The molecular weight excluding hydrogens is 164 g/mol. The smallest absolute Gasteiger partial charge is 0.235 e. The van der Waals surface area contributed by atoms with E-state index >= 15 is 0 Å². The molecule has 0 aliphatic carbocycles. The van der Waals surface area contributed by atoms with Crippen LogP contribution in [0.4, 0.5) is 0 Å². The van der Waals surface area contributed by atoms with E-state index in [-0.39, 0.29) is 11.6 Å². The van der Waals surface area contributed by atoms with Gasteiger partial charge in [-0.2, -0.15) is 0 Å². The van der Waals surface area contributed by atoms with Crippen molar-refractivity contribution in [3.05, 3.63) is 0 Å². The molecule has 0 radical (unpaired) electrons. The van der Waals surface area contributed by atoms with Crippen LogP contribution in [0.5, 0.6) is 0 Å². The lowest BCUT2D eigenvalue weighted by atomic mass is 9.98. The van der Waals surface area contributed by atoms with E-state index in [1.165, 1.54) is 0 Å². The van der Waals surface area contributed by atoms with Gasteiger partial charge in [0.05, 0.1) is 6.04 Å². The van der Waals surface area contributed by atoms with Crippen LogP contribution in [-0.4, -0.2) is 35.7 Å². The molecule has 1 saturated heterocycles. The molecule has 0 bridgehead atoms. The van der Waals surface area contributed by atoms with Crippen LogP contribution in [0.1, 0.15) is 33.6 Å². The fourth-order valence-corrected chi connectivity index (χ4v) is 1.74. The number of hydrogen-bond donors (Lipinski definition) is 0. The zero-order valence-electron chi connectivity index (χ0n) is 8.71. The molecule has 3 heteroatoms. The van der Waals surface area contributed by atoms with Crippen molar-refractivity contribution in [3.8, 4) is 0 Å². The average Bonchev–Trinajstić information content (AvgIpc) is 2.04. The van der Waals surface area contributed by atoms with Crippen LogP contribution < -0.4 is 0 Å². The summed E-state index contributed by atoms with van der Waals surface area (Å²) in [6, 6.07) is 0.219. The molecule has 13 heavy (non-hydrogen) atoms. The van der Waals surface area contributed by atoms with E-state index in [4.69, 9.17) is 0 Å². The van der Waals surface area contributed by atoms with E-state index in [0.717, 1.165) is 25.9 Å². The normalized spacial score (nSPS) is 21.2. The second-order valence-electron chi connectivity index (χ2n) is 4.61. The maximum atomic E-state index is 10.0. The summed E-state index contributed by atoms with van der Waals surface area (Å²) in [4.78, 5) is 16.2. The fraction of sp³-hybridized carbons (Fsp3) is 0.900. The molecule has 1 heterocycles. The molecule has 0 atom stereocenters. The summed E-state index contributed by atoms with van der Waals surface area (Å²) in [5, 5.41) is 0. The topological polar surface area (TPSA) is 32.7 Å². The molecule has 0 aromatic rings. The van der Waals surface area contributed by atoms with Crippen LogP contribution in [0.25, 0.3) is 0 Å². The minimum Gasteiger partial charge on any atom is -0.298 e. The van der Waals surface area contributed by atoms with Gasteiger partial charge >= 0.3 is 0 Å². The number of isocyanates is 1. The average molecular weight is 182 g/mol. The minimum absolute atomic E-state index is 0.219. The molecule has 0 aromatic heterocycles. The van der Waals surface area contributed by atoms with Gasteiger partial charge in [0, 0.05) is 18.6 Å². The van der Waals surface area contributed by atoms with Crippen LogP contribution >= 0.6 is 0 Å². The van der Waals surface area contributed by atoms with Crippen molar-refractivity contribution in [2.45, 2.75) is 45.2 Å². The molecule has 0 N–H and O–H groups in total. The first-order chi connectivity index (χ1) is 6.04. The molecule has 0 spiro atoms. The number of piperidine rings is 1. The molecule has 3 nitrogen and oxygen atoms in total. The van der Waals surface area contributed by atoms with E-state index in [2.05, 4.69) is 30.7 Å². The third-order valence-corrected chi connectivity index (χ3v) is 2.65. The summed E-state index contributed by atoms with van der Waals surface area (Å²) in [6.07, 6.45) is 3.63. The lowest BCUT2D eigenvalue weighted by molar-refractivity contribution is 0.103. The summed E-state index contributed by atoms with van der Waals surface area (Å²) >= 11 is 0. The summed E-state index contributed by atoms with van der Waals surface area (Å²) in [5.74, 6) is 0. The Morgan fingerprint density at radius 3 is 2.23 bits per heavy atom. The van der Waals surface area contributed by atoms with Crippen molar-refractivity contribution in [2.24, 2.45) is 4.99 Å². The lowest BCUT2D eigenvalue weighted by Crippen LogP contribution is -2.46. The number of likely N-dealkylation sites (tertiary alicyclic amines) is 1. The number of carbonyl (C=O) groups excluding carboxylic acids is 1. The van der Waals surface area contributed by atoms with Crippen LogP contribution in [0.2, 0.25) is 0 Å². The van der Waals surface area contributed by atoms with Crippen LogP contribution in [-0.2, 0) is 4.79 Å². The SMILES string of the molecule is CC(C)(C)N1CCC(N=C=O)CC1. The van der Waals surface area contributed by atoms with Gasteiger partial charge in [-0.1, -0.05) is 0 Å². The predicted molar refractivity (Wildman–Crippen MR) is 52.5 cm³/mol. The van der Waals surface area contributed by atoms with Gasteiger partial charge in [0.15, 0.2) is 0 Å². The third-order valence-electron chi connectivity index (χ3n) is 2.65. The van der Waals surface area contributed by atoms with E-state index in [1.807, 2.05) is 0 Å². The second-order valence-corrected chi connectivity index (χ2v) is 4.61. The van der Waals surface area contributed by atoms with Gasteiger partial charge in [0.25, 0.3) is 0 Å². The highest BCUT2D eigenvalue weighted by Crippen LogP contribution is 2.21. The molecule has 1 aliphatic rings. The highest BCUT2D eigenvalue weighted by Gasteiger charge is 2.26. The Morgan fingerprint density at radius 2 is 1.85 bits per heavy atom. The Kier molecular flexibility index (Phi) is 3.23. The van der Waals surface area contributed by atoms with Crippen molar-refractivity contribution in [1.82, 2.24) is 4.90 Å². The van der Waals surface area contributed by atoms with Crippen molar-refractivity contribution in [2.75, 3.05) is 13.1 Å². The monoisotopic (exact) mass is 182 g/mol. The maximum Gasteiger partial charge on any atom is 0.235 e. The van der Waals surface area contributed by atoms with Crippen molar-refractivity contribution in [3.63, 3.8) is 0 Å². The van der Waals surface area contributed by atoms with Gasteiger partial charge in [0.2, 0.25) is 6.08 Å². The highest BCUT2D eigenvalue weighted by atomic mass is 16.1. The molecule has 1 fully saturated rings. The number of nitrogens with zero attached hydrogens (tertiary/aromatic N) is 2. The first kappa shape index (κ1) is 10.4. The first-order valence-electron chi connectivity index (χ1n) is 4.86. The molecule has 0 aromatic carbocycles.